The Bertz CT molecular complexity index is 1020. The van der Waals surface area contributed by atoms with Crippen LogP contribution in [0.1, 0.15) is 38.7 Å². The van der Waals surface area contributed by atoms with Crippen molar-refractivity contribution < 1.29 is 28.8 Å². The second kappa shape index (κ2) is 8.71. The zero-order valence-corrected chi connectivity index (χ0v) is 17.8. The molecule has 0 radical (unpaired) electrons. The first kappa shape index (κ1) is 22.2. The Hall–Kier alpha value is -3.49. The quantitative estimate of drug-likeness (QED) is 0.328. The van der Waals surface area contributed by atoms with E-state index in [-0.39, 0.29) is 34.9 Å². The Morgan fingerprint density at radius 3 is 2.58 bits per heavy atom. The van der Waals surface area contributed by atoms with E-state index in [0.29, 0.717) is 17.8 Å². The molecular weight excluding hydrogens is 404 g/mol. The fourth-order valence-electron chi connectivity index (χ4n) is 4.37. The van der Waals surface area contributed by atoms with E-state index in [1.807, 2.05) is 0 Å². The Morgan fingerprint density at radius 2 is 1.97 bits per heavy atom. The van der Waals surface area contributed by atoms with Crippen LogP contribution in [0.15, 0.2) is 46.8 Å². The summed E-state index contributed by atoms with van der Waals surface area (Å²) in [6, 6.07) is 5.96. The number of benzene rings is 1. The Labute approximate surface area is 179 Å². The number of allylic oxidation sites excluding steroid dienone is 3. The number of nitrogens with one attached hydrogen (secondary N) is 1. The summed E-state index contributed by atoms with van der Waals surface area (Å²) in [5, 5.41) is 14.9. The molecule has 1 aliphatic carbocycles. The standard InChI is InChI=1S/C22H24N2O7/c1-5-31-22(27)17-12(3)23-14-10-11(2)16(21(26)30-4)20(25)19(14)18(17)13-8-6-7-9-15(13)24(28)29/h6-9,11,16,18,23H,5,10H2,1-4H3/t11-,16+,18+/m0/s1. The monoisotopic (exact) mass is 428 g/mol. The summed E-state index contributed by atoms with van der Waals surface area (Å²) in [6.45, 7) is 5.18. The number of nitrogens with zero attached hydrogens (tertiary/aromatic N) is 1. The lowest BCUT2D eigenvalue weighted by molar-refractivity contribution is -0.385. The second-order valence-electron chi connectivity index (χ2n) is 7.57. The van der Waals surface area contributed by atoms with Crippen molar-refractivity contribution in [2.45, 2.75) is 33.1 Å². The summed E-state index contributed by atoms with van der Waals surface area (Å²) in [7, 11) is 1.21. The van der Waals surface area contributed by atoms with Crippen molar-refractivity contribution in [3.8, 4) is 0 Å². The predicted octanol–water partition coefficient (Wildman–Crippen LogP) is 2.77. The molecule has 0 saturated heterocycles. The van der Waals surface area contributed by atoms with E-state index in [4.69, 9.17) is 9.47 Å². The summed E-state index contributed by atoms with van der Waals surface area (Å²) in [5.41, 5.74) is 1.24. The predicted molar refractivity (Wildman–Crippen MR) is 110 cm³/mol. The molecule has 0 saturated carbocycles. The number of nitro benzene ring substituents is 1. The summed E-state index contributed by atoms with van der Waals surface area (Å²) in [5.74, 6) is -4.29. The third-order valence-corrected chi connectivity index (χ3v) is 5.68. The Balaban J connectivity index is 2.27. The highest BCUT2D eigenvalue weighted by molar-refractivity contribution is 6.12. The van der Waals surface area contributed by atoms with Crippen LogP contribution in [0.5, 0.6) is 0 Å². The van der Waals surface area contributed by atoms with Gasteiger partial charge in [-0.1, -0.05) is 25.1 Å². The number of dihydropyridines is 1. The molecule has 164 valence electrons. The molecule has 0 amide bonds. The van der Waals surface area contributed by atoms with Gasteiger partial charge in [0.15, 0.2) is 5.78 Å². The maximum absolute atomic E-state index is 13.5. The molecule has 0 bridgehead atoms. The molecular formula is C22H24N2O7. The number of methoxy groups -OCH3 is 1. The van der Waals surface area contributed by atoms with E-state index in [1.54, 1.807) is 26.8 Å². The van der Waals surface area contributed by atoms with E-state index < -0.39 is 34.5 Å². The van der Waals surface area contributed by atoms with Gasteiger partial charge in [0, 0.05) is 28.6 Å². The van der Waals surface area contributed by atoms with Crippen LogP contribution in [-0.2, 0) is 23.9 Å². The summed E-state index contributed by atoms with van der Waals surface area (Å²) in [6.07, 6.45) is 0.353. The van der Waals surface area contributed by atoms with Gasteiger partial charge in [-0.25, -0.2) is 4.79 Å². The minimum atomic E-state index is -1.06. The van der Waals surface area contributed by atoms with Crippen molar-refractivity contribution in [3.63, 3.8) is 0 Å². The van der Waals surface area contributed by atoms with Crippen LogP contribution in [0.25, 0.3) is 0 Å². The molecule has 3 rings (SSSR count). The number of para-hydroxylation sites is 1. The average Bonchev–Trinajstić information content (AvgIpc) is 2.72. The number of carbonyl (C=O) groups excluding carboxylic acids is 3. The number of rotatable bonds is 5. The molecule has 1 aromatic rings. The number of carbonyl (C=O) groups is 3. The van der Waals surface area contributed by atoms with Gasteiger partial charge in [0.05, 0.1) is 30.1 Å². The van der Waals surface area contributed by atoms with E-state index in [1.165, 1.54) is 25.3 Å². The van der Waals surface area contributed by atoms with Crippen LogP contribution < -0.4 is 5.32 Å². The van der Waals surface area contributed by atoms with E-state index in [9.17, 15) is 24.5 Å². The summed E-state index contributed by atoms with van der Waals surface area (Å²) >= 11 is 0. The molecule has 1 heterocycles. The van der Waals surface area contributed by atoms with Gasteiger partial charge < -0.3 is 14.8 Å². The fourth-order valence-corrected chi connectivity index (χ4v) is 4.37. The van der Waals surface area contributed by atoms with Crippen LogP contribution in [-0.4, -0.2) is 36.4 Å². The van der Waals surface area contributed by atoms with Gasteiger partial charge >= 0.3 is 11.9 Å². The first-order chi connectivity index (χ1) is 14.7. The van der Waals surface area contributed by atoms with Crippen molar-refractivity contribution >= 4 is 23.4 Å². The third kappa shape index (κ3) is 3.83. The van der Waals surface area contributed by atoms with Crippen LogP contribution in [0.4, 0.5) is 5.69 Å². The van der Waals surface area contributed by atoms with Gasteiger partial charge in [-0.15, -0.1) is 0 Å². The second-order valence-corrected chi connectivity index (χ2v) is 7.57. The summed E-state index contributed by atoms with van der Waals surface area (Å²) in [4.78, 5) is 50.0. The molecule has 1 aliphatic heterocycles. The molecule has 3 atom stereocenters. The largest absolute Gasteiger partial charge is 0.468 e. The lowest BCUT2D eigenvalue weighted by Crippen LogP contribution is -2.43. The first-order valence-electron chi connectivity index (χ1n) is 9.96. The Morgan fingerprint density at radius 1 is 1.29 bits per heavy atom. The normalized spacial score (nSPS) is 23.1. The van der Waals surface area contributed by atoms with Crippen molar-refractivity contribution in [3.05, 3.63) is 62.5 Å². The number of esters is 2. The van der Waals surface area contributed by atoms with Crippen LogP contribution in [0.2, 0.25) is 0 Å². The molecule has 0 unspecified atom stereocenters. The van der Waals surface area contributed by atoms with Crippen molar-refractivity contribution in [1.82, 2.24) is 5.32 Å². The molecule has 0 fully saturated rings. The Kier molecular flexibility index (Phi) is 6.24. The molecule has 31 heavy (non-hydrogen) atoms. The molecule has 9 nitrogen and oxygen atoms in total. The highest BCUT2D eigenvalue weighted by atomic mass is 16.6. The molecule has 2 aliphatic rings. The average molecular weight is 428 g/mol. The van der Waals surface area contributed by atoms with Crippen molar-refractivity contribution in [2.24, 2.45) is 11.8 Å². The SMILES string of the molecule is CCOC(=O)C1=C(C)NC2=C(C(=O)[C@H](C(=O)OC)[C@@H](C)C2)[C@@H]1c1ccccc1[N+](=O)[O-]. The van der Waals surface area contributed by atoms with Gasteiger partial charge in [-0.3, -0.25) is 19.7 Å². The van der Waals surface area contributed by atoms with Crippen LogP contribution in [0, 0.1) is 22.0 Å². The van der Waals surface area contributed by atoms with Gasteiger partial charge in [0.25, 0.3) is 5.69 Å². The number of ketones is 1. The fraction of sp³-hybridized carbons (Fsp3) is 0.409. The topological polar surface area (TPSA) is 125 Å². The maximum Gasteiger partial charge on any atom is 0.336 e. The summed E-state index contributed by atoms with van der Waals surface area (Å²) < 4.78 is 10.0. The van der Waals surface area contributed by atoms with E-state index in [2.05, 4.69) is 5.32 Å². The number of nitro groups is 1. The molecule has 9 heteroatoms. The maximum atomic E-state index is 13.5. The molecule has 0 aromatic heterocycles. The highest BCUT2D eigenvalue weighted by Gasteiger charge is 2.48. The molecule has 0 spiro atoms. The molecule has 1 N–H and O–H groups in total. The minimum Gasteiger partial charge on any atom is -0.468 e. The minimum absolute atomic E-state index is 0.0981. The first-order valence-corrected chi connectivity index (χ1v) is 9.96. The zero-order valence-electron chi connectivity index (χ0n) is 17.8. The third-order valence-electron chi connectivity index (χ3n) is 5.68. The number of hydrogen-bond donors (Lipinski definition) is 1. The lowest BCUT2D eigenvalue weighted by Gasteiger charge is -2.38. The van der Waals surface area contributed by atoms with Crippen LogP contribution in [0.3, 0.4) is 0 Å². The van der Waals surface area contributed by atoms with Gasteiger partial charge in [0.2, 0.25) is 0 Å². The van der Waals surface area contributed by atoms with Crippen molar-refractivity contribution in [2.75, 3.05) is 13.7 Å². The van der Waals surface area contributed by atoms with Crippen LogP contribution >= 0.6 is 0 Å². The zero-order chi connectivity index (χ0) is 22.9. The number of hydrogen-bond acceptors (Lipinski definition) is 8. The van der Waals surface area contributed by atoms with E-state index >= 15 is 0 Å². The number of Topliss-reactive ketones (excluding diaryl/α,β-unsaturated/α-hetero) is 1. The van der Waals surface area contributed by atoms with Crippen molar-refractivity contribution in [1.29, 1.82) is 0 Å². The smallest absolute Gasteiger partial charge is 0.336 e. The lowest BCUT2D eigenvalue weighted by atomic mass is 9.69. The van der Waals surface area contributed by atoms with Gasteiger partial charge in [-0.2, -0.15) is 0 Å². The molecule has 1 aromatic carbocycles. The van der Waals surface area contributed by atoms with E-state index in [0.717, 1.165) is 0 Å². The highest BCUT2D eigenvalue weighted by Crippen LogP contribution is 2.47. The number of ether oxygens (including phenoxy) is 2. The van der Waals surface area contributed by atoms with Gasteiger partial charge in [0.1, 0.15) is 5.92 Å². The van der Waals surface area contributed by atoms with Gasteiger partial charge in [-0.05, 0) is 26.2 Å².